The molecule has 2 aromatic rings. The Morgan fingerprint density at radius 2 is 2.05 bits per heavy atom. The number of nitrogens with zero attached hydrogens (tertiary/aromatic N) is 2. The van der Waals surface area contributed by atoms with E-state index in [4.69, 9.17) is 0 Å². The van der Waals surface area contributed by atoms with Crippen molar-refractivity contribution in [3.63, 3.8) is 0 Å². The second kappa shape index (κ2) is 6.72. The zero-order chi connectivity index (χ0) is 16.3. The summed E-state index contributed by atoms with van der Waals surface area (Å²) in [6.07, 6.45) is 2.25. The van der Waals surface area contributed by atoms with Crippen LogP contribution in [0.4, 0.5) is 0 Å². The zero-order valence-electron chi connectivity index (χ0n) is 12.8. The summed E-state index contributed by atoms with van der Waals surface area (Å²) < 4.78 is 28.5. The van der Waals surface area contributed by atoms with Crippen molar-refractivity contribution in [2.75, 3.05) is 6.54 Å². The van der Waals surface area contributed by atoms with Gasteiger partial charge < -0.3 is 0 Å². The van der Waals surface area contributed by atoms with Crippen LogP contribution in [0, 0.1) is 13.8 Å². The SMILES string of the molecule is CCc1ccc(S(=O)(=O)NCCn2cnc(C)c(C)c2=O)s1. The Labute approximate surface area is 133 Å². The van der Waals surface area contributed by atoms with E-state index in [1.807, 2.05) is 13.0 Å². The number of hydrogen-bond donors (Lipinski definition) is 1. The molecule has 120 valence electrons. The summed E-state index contributed by atoms with van der Waals surface area (Å²) in [5.74, 6) is 0. The van der Waals surface area contributed by atoms with Gasteiger partial charge in [0.25, 0.3) is 5.56 Å². The Balaban J connectivity index is 2.04. The van der Waals surface area contributed by atoms with E-state index in [2.05, 4.69) is 9.71 Å². The first-order valence-corrected chi connectivity index (χ1v) is 9.26. The fraction of sp³-hybridized carbons (Fsp3) is 0.429. The molecular formula is C14H19N3O3S2. The first kappa shape index (κ1) is 16.9. The van der Waals surface area contributed by atoms with Gasteiger partial charge in [-0.25, -0.2) is 18.1 Å². The van der Waals surface area contributed by atoms with Gasteiger partial charge in [0.2, 0.25) is 10.0 Å². The van der Waals surface area contributed by atoms with Crippen molar-refractivity contribution in [1.82, 2.24) is 14.3 Å². The van der Waals surface area contributed by atoms with Crippen LogP contribution in [0.25, 0.3) is 0 Å². The van der Waals surface area contributed by atoms with Gasteiger partial charge in [-0.2, -0.15) is 0 Å². The van der Waals surface area contributed by atoms with Crippen molar-refractivity contribution >= 4 is 21.4 Å². The Bertz CT molecular complexity index is 822. The van der Waals surface area contributed by atoms with E-state index < -0.39 is 10.0 Å². The molecule has 0 aliphatic rings. The van der Waals surface area contributed by atoms with Crippen LogP contribution in [-0.2, 0) is 23.0 Å². The summed E-state index contributed by atoms with van der Waals surface area (Å²) in [5.41, 5.74) is 1.12. The molecule has 8 heteroatoms. The Morgan fingerprint density at radius 3 is 2.68 bits per heavy atom. The second-order valence-corrected chi connectivity index (χ2v) is 8.09. The maximum atomic E-state index is 12.2. The molecule has 6 nitrogen and oxygen atoms in total. The van der Waals surface area contributed by atoms with Gasteiger partial charge in [-0.05, 0) is 32.4 Å². The lowest BCUT2D eigenvalue weighted by molar-refractivity contribution is 0.569. The van der Waals surface area contributed by atoms with Gasteiger partial charge in [-0.3, -0.25) is 9.36 Å². The van der Waals surface area contributed by atoms with Crippen molar-refractivity contribution in [2.24, 2.45) is 0 Å². The van der Waals surface area contributed by atoms with Crippen molar-refractivity contribution in [3.8, 4) is 0 Å². The molecule has 0 bridgehead atoms. The number of sulfonamides is 1. The number of aryl methyl sites for hydroxylation is 2. The van der Waals surface area contributed by atoms with Gasteiger partial charge in [0.05, 0.1) is 6.33 Å². The van der Waals surface area contributed by atoms with Crippen LogP contribution in [0.1, 0.15) is 23.1 Å². The third kappa shape index (κ3) is 3.63. The molecular weight excluding hydrogens is 322 g/mol. The third-order valence-electron chi connectivity index (χ3n) is 3.41. The minimum absolute atomic E-state index is 0.143. The average Bonchev–Trinajstić information content (AvgIpc) is 2.97. The molecule has 0 atom stereocenters. The van der Waals surface area contributed by atoms with E-state index in [0.717, 1.165) is 11.3 Å². The van der Waals surface area contributed by atoms with E-state index in [1.54, 1.807) is 19.9 Å². The molecule has 0 spiro atoms. The molecule has 0 radical (unpaired) electrons. The quantitative estimate of drug-likeness (QED) is 0.862. The minimum atomic E-state index is -3.52. The van der Waals surface area contributed by atoms with Crippen LogP contribution in [0.3, 0.4) is 0 Å². The number of nitrogens with one attached hydrogen (secondary N) is 1. The molecule has 0 aliphatic carbocycles. The first-order chi connectivity index (χ1) is 10.3. The monoisotopic (exact) mass is 341 g/mol. The molecule has 0 aliphatic heterocycles. The summed E-state index contributed by atoms with van der Waals surface area (Å²) in [7, 11) is -3.52. The fourth-order valence-corrected chi connectivity index (χ4v) is 4.26. The molecule has 0 fully saturated rings. The fourth-order valence-electron chi connectivity index (χ4n) is 1.90. The second-order valence-electron chi connectivity index (χ2n) is 4.93. The van der Waals surface area contributed by atoms with Gasteiger partial charge in [0.15, 0.2) is 0 Å². The van der Waals surface area contributed by atoms with Gasteiger partial charge in [-0.15, -0.1) is 11.3 Å². The standard InChI is InChI=1S/C14H19N3O3S2/c1-4-12-5-6-13(21-12)22(19,20)16-7-8-17-9-15-11(3)10(2)14(17)18/h5-6,9,16H,4,7-8H2,1-3H3. The molecule has 0 saturated carbocycles. The Hall–Kier alpha value is -1.51. The molecule has 2 rings (SSSR count). The van der Waals surface area contributed by atoms with Crippen LogP contribution in [-0.4, -0.2) is 24.5 Å². The highest BCUT2D eigenvalue weighted by molar-refractivity contribution is 7.91. The van der Waals surface area contributed by atoms with E-state index >= 15 is 0 Å². The molecule has 0 unspecified atom stereocenters. The smallest absolute Gasteiger partial charge is 0.256 e. The van der Waals surface area contributed by atoms with E-state index in [0.29, 0.717) is 15.5 Å². The molecule has 2 aromatic heterocycles. The van der Waals surface area contributed by atoms with Crippen molar-refractivity contribution < 1.29 is 8.42 Å². The van der Waals surface area contributed by atoms with Crippen LogP contribution in [0.2, 0.25) is 0 Å². The van der Waals surface area contributed by atoms with Crippen LogP contribution in [0.5, 0.6) is 0 Å². The normalized spacial score (nSPS) is 11.8. The average molecular weight is 341 g/mol. The molecule has 0 amide bonds. The van der Waals surface area contributed by atoms with Crippen LogP contribution >= 0.6 is 11.3 Å². The molecule has 0 saturated heterocycles. The molecule has 0 aromatic carbocycles. The highest BCUT2D eigenvalue weighted by Crippen LogP contribution is 2.21. The summed E-state index contributed by atoms with van der Waals surface area (Å²) in [6.45, 7) is 5.86. The van der Waals surface area contributed by atoms with E-state index in [-0.39, 0.29) is 18.6 Å². The van der Waals surface area contributed by atoms with E-state index in [1.165, 1.54) is 22.2 Å². The summed E-state index contributed by atoms with van der Waals surface area (Å²) in [4.78, 5) is 17.1. The lowest BCUT2D eigenvalue weighted by Gasteiger charge is -2.08. The number of aromatic nitrogens is 2. The number of thiophene rings is 1. The van der Waals surface area contributed by atoms with Gasteiger partial charge in [0.1, 0.15) is 4.21 Å². The van der Waals surface area contributed by atoms with Crippen molar-refractivity contribution in [3.05, 3.63) is 44.9 Å². The zero-order valence-corrected chi connectivity index (χ0v) is 14.4. The predicted octanol–water partition coefficient (Wildman–Crippen LogP) is 1.46. The first-order valence-electron chi connectivity index (χ1n) is 6.96. The number of rotatable bonds is 6. The highest BCUT2D eigenvalue weighted by Gasteiger charge is 2.16. The third-order valence-corrected chi connectivity index (χ3v) is 6.59. The molecule has 2 heterocycles. The van der Waals surface area contributed by atoms with Gasteiger partial charge in [0, 0.05) is 29.2 Å². The lowest BCUT2D eigenvalue weighted by atomic mass is 10.3. The molecule has 1 N–H and O–H groups in total. The predicted molar refractivity (Wildman–Crippen MR) is 86.9 cm³/mol. The van der Waals surface area contributed by atoms with E-state index in [9.17, 15) is 13.2 Å². The van der Waals surface area contributed by atoms with Crippen molar-refractivity contribution in [2.45, 2.75) is 37.9 Å². The highest BCUT2D eigenvalue weighted by atomic mass is 32.2. The Kier molecular flexibility index (Phi) is 5.15. The summed E-state index contributed by atoms with van der Waals surface area (Å²) in [5, 5.41) is 0. The van der Waals surface area contributed by atoms with Crippen molar-refractivity contribution in [1.29, 1.82) is 0 Å². The topological polar surface area (TPSA) is 81.1 Å². The van der Waals surface area contributed by atoms with Gasteiger partial charge in [-0.1, -0.05) is 6.92 Å². The van der Waals surface area contributed by atoms with Crippen LogP contribution < -0.4 is 10.3 Å². The maximum Gasteiger partial charge on any atom is 0.256 e. The molecule has 22 heavy (non-hydrogen) atoms. The summed E-state index contributed by atoms with van der Waals surface area (Å²) >= 11 is 1.26. The maximum absolute atomic E-state index is 12.2. The van der Waals surface area contributed by atoms with Crippen LogP contribution in [0.15, 0.2) is 27.5 Å². The Morgan fingerprint density at radius 1 is 1.32 bits per heavy atom. The summed E-state index contributed by atoms with van der Waals surface area (Å²) in [6, 6.07) is 3.42. The minimum Gasteiger partial charge on any atom is -0.298 e. The lowest BCUT2D eigenvalue weighted by Crippen LogP contribution is -2.31. The largest absolute Gasteiger partial charge is 0.298 e. The van der Waals surface area contributed by atoms with Gasteiger partial charge >= 0.3 is 0 Å². The number of hydrogen-bond acceptors (Lipinski definition) is 5.